The Hall–Kier alpha value is -2.93. The summed E-state index contributed by atoms with van der Waals surface area (Å²) < 4.78 is 27.2. The maximum atomic E-state index is 8.34. The average molecular weight is 408 g/mol. The molecule has 4 aromatic rings. The topological polar surface area (TPSA) is 3.88 Å². The van der Waals surface area contributed by atoms with Crippen molar-refractivity contribution in [3.63, 3.8) is 0 Å². The molecule has 0 aliphatic heterocycles. The molecule has 0 fully saturated rings. The summed E-state index contributed by atoms with van der Waals surface area (Å²) in [6, 6.07) is 15.2. The predicted octanol–water partition coefficient (Wildman–Crippen LogP) is 6.71. The molecule has 2 aliphatic carbocycles. The van der Waals surface area contributed by atoms with Crippen molar-refractivity contribution in [2.45, 2.75) is 52.8 Å². The molecule has 0 saturated heterocycles. The van der Waals surface area contributed by atoms with E-state index in [0.717, 1.165) is 54.5 Å². The summed E-state index contributed by atoms with van der Waals surface area (Å²) in [5.41, 5.74) is 12.7. The van der Waals surface area contributed by atoms with E-state index in [-0.39, 0.29) is 0 Å². The second kappa shape index (κ2) is 6.79. The number of nitrogens with zero attached hydrogens (tertiary/aromatic N) is 1. The van der Waals surface area contributed by atoms with Crippen LogP contribution in [0.25, 0.3) is 33.2 Å². The molecule has 31 heavy (non-hydrogen) atoms. The fourth-order valence-electron chi connectivity index (χ4n) is 6.13. The second-order valence-electron chi connectivity index (χ2n) is 9.37. The summed E-state index contributed by atoms with van der Waals surface area (Å²) in [6.45, 7) is 2.07. The lowest BCUT2D eigenvalue weighted by Crippen LogP contribution is -2.32. The summed E-state index contributed by atoms with van der Waals surface area (Å²) in [5.74, 6) is 0. The van der Waals surface area contributed by atoms with Crippen molar-refractivity contribution in [2.75, 3.05) is 0 Å². The first-order chi connectivity index (χ1) is 16.3. The average Bonchev–Trinajstić information content (AvgIpc) is 3.15. The first-order valence-corrected chi connectivity index (χ1v) is 11.4. The van der Waals surface area contributed by atoms with Gasteiger partial charge in [0.05, 0.1) is 5.56 Å². The molecule has 1 heterocycles. The first kappa shape index (κ1) is 15.8. The van der Waals surface area contributed by atoms with Gasteiger partial charge in [-0.2, -0.15) is 0 Å². The van der Waals surface area contributed by atoms with Crippen molar-refractivity contribution in [2.24, 2.45) is 7.05 Å². The molecule has 154 valence electrons. The number of rotatable bonds is 0. The fraction of sp³-hybridized carbons (Fsp3) is 0.300. The van der Waals surface area contributed by atoms with Crippen molar-refractivity contribution >= 4 is 10.8 Å². The van der Waals surface area contributed by atoms with Gasteiger partial charge in [0.25, 0.3) is 0 Å². The molecule has 0 amide bonds. The maximum absolute atomic E-state index is 8.34. The van der Waals surface area contributed by atoms with Crippen molar-refractivity contribution in [3.05, 3.63) is 87.6 Å². The lowest BCUT2D eigenvalue weighted by atomic mass is 9.87. The zero-order chi connectivity index (χ0) is 23.8. The Morgan fingerprint density at radius 1 is 0.871 bits per heavy atom. The second-order valence-corrected chi connectivity index (χ2v) is 9.37. The zero-order valence-electron chi connectivity index (χ0n) is 21.6. The first-order valence-electron chi connectivity index (χ1n) is 12.9. The van der Waals surface area contributed by atoms with E-state index < -0.39 is 6.85 Å². The van der Waals surface area contributed by atoms with Crippen molar-refractivity contribution < 1.29 is 8.68 Å². The minimum atomic E-state index is -2.16. The van der Waals surface area contributed by atoms with Crippen LogP contribution in [0.4, 0.5) is 0 Å². The van der Waals surface area contributed by atoms with Gasteiger partial charge in [-0.3, -0.25) is 0 Å². The van der Waals surface area contributed by atoms with E-state index in [4.69, 9.17) is 4.11 Å². The van der Waals surface area contributed by atoms with Gasteiger partial charge in [0.15, 0.2) is 6.20 Å². The Morgan fingerprint density at radius 3 is 2.48 bits per heavy atom. The highest BCUT2D eigenvalue weighted by Crippen LogP contribution is 2.46. The quantitative estimate of drug-likeness (QED) is 0.251. The van der Waals surface area contributed by atoms with E-state index in [0.29, 0.717) is 5.56 Å². The molecule has 4 bridgehead atoms. The lowest BCUT2D eigenvalue weighted by molar-refractivity contribution is -0.659. The molecule has 0 N–H and O–H groups in total. The van der Waals surface area contributed by atoms with Gasteiger partial charge in [-0.25, -0.2) is 4.57 Å². The van der Waals surface area contributed by atoms with Crippen molar-refractivity contribution in [3.8, 4) is 22.4 Å². The van der Waals surface area contributed by atoms with Gasteiger partial charge >= 0.3 is 0 Å². The van der Waals surface area contributed by atoms with E-state index in [1.165, 1.54) is 44.2 Å². The molecule has 2 aliphatic rings. The number of benzene rings is 3. The Morgan fingerprint density at radius 2 is 1.65 bits per heavy atom. The third-order valence-corrected chi connectivity index (χ3v) is 7.59. The smallest absolute Gasteiger partial charge is 0.200 e. The Bertz CT molecular complexity index is 1490. The predicted molar refractivity (Wildman–Crippen MR) is 130 cm³/mol. The van der Waals surface area contributed by atoms with E-state index in [2.05, 4.69) is 61.1 Å². The van der Waals surface area contributed by atoms with E-state index in [1.807, 2.05) is 13.0 Å². The van der Waals surface area contributed by atoms with Crippen LogP contribution in [0, 0.1) is 20.7 Å². The molecule has 3 aromatic carbocycles. The van der Waals surface area contributed by atoms with Crippen LogP contribution >= 0.6 is 0 Å². The standard InChI is InChI=1S/C30H30N/c1-18-15-26-24-14-8-11-21-9-5-6-10-22-12-7-13-23-17-31(4)30(20(3)28(22)23)29(19(18)2)27(26)16-25(21)24/h7-8,11-15,17H,5-6,9-10,16H2,1-4H3/q+1/i1D3. The third-order valence-electron chi connectivity index (χ3n) is 7.59. The number of fused-ring (bicyclic) bond motifs is 3. The number of aromatic nitrogens is 1. The normalized spacial score (nSPS) is 16.3. The Labute approximate surface area is 189 Å². The number of hydrogen-bond donors (Lipinski definition) is 0. The summed E-state index contributed by atoms with van der Waals surface area (Å²) >= 11 is 0. The van der Waals surface area contributed by atoms with Crippen LogP contribution < -0.4 is 4.57 Å². The SMILES string of the molecule is [2H]C([2H])([2H])c1cc2c3c(c1C)-c1c(C)c4c(cccc4c[n+]1C)CCCCc1cccc-2c1C3. The molecule has 1 aromatic heterocycles. The largest absolute Gasteiger partial charge is 0.216 e. The molecule has 0 atom stereocenters. The van der Waals surface area contributed by atoms with Gasteiger partial charge in [0.2, 0.25) is 5.69 Å². The minimum absolute atomic E-state index is 0.472. The molecule has 0 radical (unpaired) electrons. The summed E-state index contributed by atoms with van der Waals surface area (Å²) in [4.78, 5) is 0. The Balaban J connectivity index is 1.80. The Kier molecular flexibility index (Phi) is 3.46. The summed E-state index contributed by atoms with van der Waals surface area (Å²) in [5, 5.41) is 2.58. The van der Waals surface area contributed by atoms with Crippen molar-refractivity contribution in [1.82, 2.24) is 0 Å². The van der Waals surface area contributed by atoms with Crippen LogP contribution in [-0.2, 0) is 26.3 Å². The molecule has 0 spiro atoms. The van der Waals surface area contributed by atoms with Gasteiger partial charge in [-0.15, -0.1) is 0 Å². The fourth-order valence-corrected chi connectivity index (χ4v) is 6.13. The molecule has 0 saturated carbocycles. The van der Waals surface area contributed by atoms with Gasteiger partial charge in [-0.1, -0.05) is 36.4 Å². The van der Waals surface area contributed by atoms with Crippen LogP contribution in [-0.4, -0.2) is 0 Å². The van der Waals surface area contributed by atoms with Crippen molar-refractivity contribution in [1.29, 1.82) is 0 Å². The molecule has 1 nitrogen and oxygen atoms in total. The van der Waals surface area contributed by atoms with Crippen LogP contribution in [0.3, 0.4) is 0 Å². The number of aryl methyl sites for hydroxylation is 5. The van der Waals surface area contributed by atoms with E-state index in [1.54, 1.807) is 0 Å². The highest BCUT2D eigenvalue weighted by Gasteiger charge is 2.31. The van der Waals surface area contributed by atoms with Crippen LogP contribution in [0.2, 0.25) is 0 Å². The minimum Gasteiger partial charge on any atom is -0.200 e. The molecule has 6 rings (SSSR count). The molecular weight excluding hydrogens is 374 g/mol. The lowest BCUT2D eigenvalue weighted by Gasteiger charge is -2.17. The summed E-state index contributed by atoms with van der Waals surface area (Å²) in [7, 11) is 2.11. The number of pyridine rings is 1. The van der Waals surface area contributed by atoms with E-state index in [9.17, 15) is 0 Å². The third kappa shape index (κ3) is 2.65. The molecule has 0 unspecified atom stereocenters. The molecule has 1 heteroatoms. The van der Waals surface area contributed by atoms with E-state index >= 15 is 0 Å². The highest BCUT2D eigenvalue weighted by atomic mass is 14.9. The summed E-state index contributed by atoms with van der Waals surface area (Å²) in [6.07, 6.45) is 7.54. The van der Waals surface area contributed by atoms with Gasteiger partial charge in [0, 0.05) is 20.4 Å². The highest BCUT2D eigenvalue weighted by molar-refractivity contribution is 5.94. The molecular formula is C30H30N+. The van der Waals surface area contributed by atoms with Gasteiger partial charge < -0.3 is 0 Å². The van der Waals surface area contributed by atoms with Crippen LogP contribution in [0.15, 0.2) is 48.7 Å². The van der Waals surface area contributed by atoms with Gasteiger partial charge in [0.1, 0.15) is 7.05 Å². The monoisotopic (exact) mass is 407 g/mol. The zero-order valence-corrected chi connectivity index (χ0v) is 18.6. The maximum Gasteiger partial charge on any atom is 0.216 e. The van der Waals surface area contributed by atoms with Gasteiger partial charge in [-0.05, 0) is 103 Å². The van der Waals surface area contributed by atoms with Crippen LogP contribution in [0.1, 0.15) is 55.9 Å². The number of hydrogen-bond acceptors (Lipinski definition) is 0. The van der Waals surface area contributed by atoms with Crippen LogP contribution in [0.5, 0.6) is 0 Å².